The Kier molecular flexibility index (Phi) is 7.71. The maximum atomic E-state index is 7.93. The third-order valence-electron chi connectivity index (χ3n) is 0.0886. The molecular weight excluding hydrogens is 160 g/mol. The van der Waals surface area contributed by atoms with Gasteiger partial charge in [-0.15, -0.1) is 0 Å². The van der Waals surface area contributed by atoms with Crippen molar-refractivity contribution in [1.29, 1.82) is 0 Å². The molecule has 0 aromatic heterocycles. The van der Waals surface area contributed by atoms with Crippen LogP contribution in [0.5, 0.6) is 0 Å². The lowest BCUT2D eigenvalue weighted by Crippen LogP contribution is -1.33. The number of hydrogen-bond donors (Lipinski definition) is 2. The highest BCUT2D eigenvalue weighted by atomic mass is 33.7. The summed E-state index contributed by atoms with van der Waals surface area (Å²) in [5, 5.41) is 0. The highest BCUT2D eigenvalue weighted by Gasteiger charge is 1.81. The zero-order valence-corrected chi connectivity index (χ0v) is 5.79. The first-order chi connectivity index (χ1) is 2.91. The molecule has 0 bridgehead atoms. The average Bonchev–Trinajstić information content (AvgIpc) is 1.61. The minimum absolute atomic E-state index is 0.625. The Bertz CT molecular complexity index is 17.5. The van der Waals surface area contributed by atoms with Crippen molar-refractivity contribution in [2.24, 2.45) is 0 Å². The minimum Gasteiger partial charge on any atom is -0.320 e. The predicted octanol–water partition coefficient (Wildman–Crippen LogP) is 2.61. The van der Waals surface area contributed by atoms with Crippen molar-refractivity contribution < 1.29 is 9.11 Å². The molecule has 6 heavy (non-hydrogen) atoms. The van der Waals surface area contributed by atoms with E-state index < -0.39 is 0 Å². The molecule has 0 atom stereocenters. The molecule has 0 rings (SSSR count). The van der Waals surface area contributed by atoms with E-state index in [1.807, 2.05) is 0 Å². The van der Waals surface area contributed by atoms with Gasteiger partial charge in [-0.2, -0.15) is 0 Å². The molecular formula is H2O2S4. The van der Waals surface area contributed by atoms with Crippen LogP contribution in [0.4, 0.5) is 0 Å². The third-order valence-corrected chi connectivity index (χ3v) is 3.89. The zero-order valence-electron chi connectivity index (χ0n) is 2.53. The SMILES string of the molecule is OSSSSO. The van der Waals surface area contributed by atoms with Crippen LogP contribution in [-0.2, 0) is 0 Å². The molecule has 2 nitrogen and oxygen atoms in total. The van der Waals surface area contributed by atoms with Gasteiger partial charge in [0, 0.05) is 19.7 Å². The van der Waals surface area contributed by atoms with E-state index >= 15 is 0 Å². The first kappa shape index (κ1) is 7.32. The van der Waals surface area contributed by atoms with Crippen LogP contribution >= 0.6 is 41.8 Å². The molecule has 0 amide bonds. The van der Waals surface area contributed by atoms with Gasteiger partial charge in [0.1, 0.15) is 0 Å². The van der Waals surface area contributed by atoms with Crippen LogP contribution in [0.1, 0.15) is 0 Å². The summed E-state index contributed by atoms with van der Waals surface area (Å²) in [4.78, 5) is 0. The lowest BCUT2D eigenvalue weighted by molar-refractivity contribution is 0.675. The van der Waals surface area contributed by atoms with E-state index in [2.05, 4.69) is 0 Å². The van der Waals surface area contributed by atoms with Gasteiger partial charge >= 0.3 is 0 Å². The van der Waals surface area contributed by atoms with Gasteiger partial charge in [-0.3, -0.25) is 0 Å². The van der Waals surface area contributed by atoms with Crippen LogP contribution in [-0.4, -0.2) is 9.11 Å². The molecule has 6 heteroatoms. The summed E-state index contributed by atoms with van der Waals surface area (Å²) in [6, 6.07) is 0. The summed E-state index contributed by atoms with van der Waals surface area (Å²) in [6.07, 6.45) is 0. The van der Waals surface area contributed by atoms with Crippen molar-refractivity contribution >= 4 is 41.8 Å². The lowest BCUT2D eigenvalue weighted by Gasteiger charge is -1.81. The quantitative estimate of drug-likeness (QED) is 0.377. The van der Waals surface area contributed by atoms with Crippen molar-refractivity contribution in [3.63, 3.8) is 0 Å². The molecule has 0 aromatic carbocycles. The Morgan fingerprint density at radius 3 is 1.33 bits per heavy atom. The molecule has 0 heterocycles. The molecule has 2 N–H and O–H groups in total. The molecule has 0 saturated carbocycles. The van der Waals surface area contributed by atoms with Gasteiger partial charge in [-0.1, -0.05) is 0 Å². The van der Waals surface area contributed by atoms with Crippen molar-refractivity contribution in [3.8, 4) is 0 Å². The Morgan fingerprint density at radius 2 is 1.17 bits per heavy atom. The van der Waals surface area contributed by atoms with Gasteiger partial charge in [0.2, 0.25) is 0 Å². The second kappa shape index (κ2) is 6.32. The van der Waals surface area contributed by atoms with E-state index in [1.54, 1.807) is 0 Å². The molecule has 0 fully saturated rings. The third kappa shape index (κ3) is 5.32. The van der Waals surface area contributed by atoms with Crippen LogP contribution in [0.25, 0.3) is 0 Å². The highest BCUT2D eigenvalue weighted by Crippen LogP contribution is 2.39. The van der Waals surface area contributed by atoms with Crippen LogP contribution < -0.4 is 0 Å². The van der Waals surface area contributed by atoms with Crippen LogP contribution in [0, 0.1) is 0 Å². The summed E-state index contributed by atoms with van der Waals surface area (Å²) in [5.41, 5.74) is 0. The summed E-state index contributed by atoms with van der Waals surface area (Å²) >= 11 is 1.25. The molecule has 0 aromatic rings. The molecule has 0 unspecified atom stereocenters. The summed E-state index contributed by atoms with van der Waals surface area (Å²) in [5.74, 6) is 0. The topological polar surface area (TPSA) is 40.5 Å². The second-order valence-corrected chi connectivity index (χ2v) is 5.02. The maximum Gasteiger partial charge on any atom is 0.0720 e. The van der Waals surface area contributed by atoms with Gasteiger partial charge < -0.3 is 9.11 Å². The smallest absolute Gasteiger partial charge is 0.0720 e. The Labute approximate surface area is 51.1 Å². The minimum atomic E-state index is 0.625. The fraction of sp³-hybridized carbons (Fsp3) is 0. The van der Waals surface area contributed by atoms with Gasteiger partial charge in [0.15, 0.2) is 0 Å². The van der Waals surface area contributed by atoms with Crippen molar-refractivity contribution in [2.75, 3.05) is 0 Å². The highest BCUT2D eigenvalue weighted by molar-refractivity contribution is 9.24. The molecule has 0 spiro atoms. The first-order valence-corrected chi connectivity index (χ1v) is 5.60. The summed E-state index contributed by atoms with van der Waals surface area (Å²) in [6.45, 7) is 0. The van der Waals surface area contributed by atoms with Gasteiger partial charge in [-0.25, -0.2) is 0 Å². The molecule has 0 aliphatic heterocycles. The standard InChI is InChI=1S/H2O2S4/c1-3-5-6-4-2/h1-2H. The predicted molar refractivity (Wildman–Crippen MR) is 35.6 cm³/mol. The van der Waals surface area contributed by atoms with E-state index in [1.165, 1.54) is 0 Å². The van der Waals surface area contributed by atoms with E-state index in [0.717, 1.165) is 19.7 Å². The summed E-state index contributed by atoms with van der Waals surface area (Å²) in [7, 11) is 2.22. The Morgan fingerprint density at radius 1 is 0.833 bits per heavy atom. The monoisotopic (exact) mass is 162 g/mol. The zero-order chi connectivity index (χ0) is 4.83. The Hall–Kier alpha value is 1.32. The van der Waals surface area contributed by atoms with Crippen molar-refractivity contribution in [1.82, 2.24) is 0 Å². The van der Waals surface area contributed by atoms with Gasteiger partial charge in [0.05, 0.1) is 22.1 Å². The Balaban J connectivity index is 2.34. The van der Waals surface area contributed by atoms with Crippen molar-refractivity contribution in [3.05, 3.63) is 0 Å². The summed E-state index contributed by atoms with van der Waals surface area (Å²) < 4.78 is 15.9. The molecule has 0 saturated heterocycles. The second-order valence-electron chi connectivity index (χ2n) is 0.285. The van der Waals surface area contributed by atoms with E-state index in [-0.39, 0.29) is 0 Å². The number of rotatable bonds is 3. The van der Waals surface area contributed by atoms with Crippen LogP contribution in [0.3, 0.4) is 0 Å². The average molecular weight is 162 g/mol. The molecule has 0 radical (unpaired) electrons. The van der Waals surface area contributed by atoms with E-state index in [0.29, 0.717) is 22.1 Å². The maximum absolute atomic E-state index is 7.93. The fourth-order valence-electron chi connectivity index (χ4n) is 0.0248. The van der Waals surface area contributed by atoms with Gasteiger partial charge in [-0.05, 0) is 0 Å². The van der Waals surface area contributed by atoms with Crippen molar-refractivity contribution in [2.45, 2.75) is 0 Å². The molecule has 0 aliphatic carbocycles. The van der Waals surface area contributed by atoms with Gasteiger partial charge in [0.25, 0.3) is 0 Å². The van der Waals surface area contributed by atoms with Crippen LogP contribution in [0.15, 0.2) is 0 Å². The lowest BCUT2D eigenvalue weighted by atomic mass is 15.9. The largest absolute Gasteiger partial charge is 0.320 e. The molecule has 0 aliphatic rings. The van der Waals surface area contributed by atoms with Crippen LogP contribution in [0.2, 0.25) is 0 Å². The van der Waals surface area contributed by atoms with E-state index in [4.69, 9.17) is 9.11 Å². The van der Waals surface area contributed by atoms with E-state index in [9.17, 15) is 0 Å². The fourth-order valence-corrected chi connectivity index (χ4v) is 2.01. The normalized spacial score (nSPS) is 9.00. The first-order valence-electron chi connectivity index (χ1n) is 0.865. The number of hydrogen-bond acceptors (Lipinski definition) is 6. The molecule has 38 valence electrons.